The highest BCUT2D eigenvalue weighted by Crippen LogP contribution is 2.40. The second-order valence-corrected chi connectivity index (χ2v) is 8.94. The van der Waals surface area contributed by atoms with Gasteiger partial charge in [-0.25, -0.2) is 0 Å². The van der Waals surface area contributed by atoms with Gasteiger partial charge in [0.15, 0.2) is 0 Å². The highest BCUT2D eigenvalue weighted by Gasteiger charge is 2.41. The van der Waals surface area contributed by atoms with Crippen LogP contribution in [0, 0.1) is 13.8 Å². The summed E-state index contributed by atoms with van der Waals surface area (Å²) < 4.78 is 5.67. The standard InChI is InChI=1S/C23H22ClNO3S/c1-14-5-6-16(12-15(14)2)20-21(29-19-9-7-17(24)8-10-19)23(27)25(22(20)26)13-18-4-3-11-28-18/h5-10,12,18H,3-4,11,13H2,1-2H3. The molecule has 0 N–H and O–H groups in total. The Morgan fingerprint density at radius 2 is 1.83 bits per heavy atom. The van der Waals surface area contributed by atoms with Crippen LogP contribution in [-0.2, 0) is 14.3 Å². The van der Waals surface area contributed by atoms with E-state index >= 15 is 0 Å². The molecular weight excluding hydrogens is 406 g/mol. The number of hydrogen-bond acceptors (Lipinski definition) is 4. The Bertz CT molecular complexity index is 994. The molecule has 2 aromatic rings. The van der Waals surface area contributed by atoms with Crippen LogP contribution in [-0.4, -0.2) is 36.0 Å². The lowest BCUT2D eigenvalue weighted by Crippen LogP contribution is -2.37. The van der Waals surface area contributed by atoms with E-state index in [4.69, 9.17) is 16.3 Å². The van der Waals surface area contributed by atoms with Gasteiger partial charge < -0.3 is 4.74 Å². The number of carbonyl (C=O) groups is 2. The third-order valence-corrected chi connectivity index (χ3v) is 6.71. The van der Waals surface area contributed by atoms with Crippen LogP contribution in [0.1, 0.15) is 29.5 Å². The molecule has 0 spiro atoms. The summed E-state index contributed by atoms with van der Waals surface area (Å²) in [6.45, 7) is 5.03. The van der Waals surface area contributed by atoms with Gasteiger partial charge in [-0.1, -0.05) is 41.6 Å². The van der Waals surface area contributed by atoms with Crippen molar-refractivity contribution >= 4 is 40.8 Å². The first-order chi connectivity index (χ1) is 13.9. The van der Waals surface area contributed by atoms with Crippen molar-refractivity contribution < 1.29 is 14.3 Å². The summed E-state index contributed by atoms with van der Waals surface area (Å²) in [5, 5.41) is 0.631. The van der Waals surface area contributed by atoms with Crippen molar-refractivity contribution in [2.45, 2.75) is 37.7 Å². The van der Waals surface area contributed by atoms with Gasteiger partial charge in [-0.05, 0) is 67.6 Å². The number of ether oxygens (including phenoxy) is 1. The smallest absolute Gasteiger partial charge is 0.268 e. The third kappa shape index (κ3) is 4.13. The number of rotatable bonds is 5. The lowest BCUT2D eigenvalue weighted by Gasteiger charge is -2.19. The van der Waals surface area contributed by atoms with Crippen LogP contribution in [0.2, 0.25) is 5.02 Å². The van der Waals surface area contributed by atoms with Crippen LogP contribution >= 0.6 is 23.4 Å². The Morgan fingerprint density at radius 1 is 1.07 bits per heavy atom. The van der Waals surface area contributed by atoms with Gasteiger partial charge in [0.25, 0.3) is 11.8 Å². The van der Waals surface area contributed by atoms with Crippen molar-refractivity contribution in [2.75, 3.05) is 13.2 Å². The van der Waals surface area contributed by atoms with Crippen molar-refractivity contribution in [3.8, 4) is 0 Å². The molecule has 1 unspecified atom stereocenters. The van der Waals surface area contributed by atoms with E-state index in [0.717, 1.165) is 34.4 Å². The Balaban J connectivity index is 1.73. The van der Waals surface area contributed by atoms with Crippen molar-refractivity contribution in [1.29, 1.82) is 0 Å². The lowest BCUT2D eigenvalue weighted by molar-refractivity contribution is -0.138. The molecule has 1 fully saturated rings. The predicted octanol–water partition coefficient (Wildman–Crippen LogP) is 5.01. The van der Waals surface area contributed by atoms with Gasteiger partial charge >= 0.3 is 0 Å². The van der Waals surface area contributed by atoms with Crippen LogP contribution in [0.15, 0.2) is 52.3 Å². The van der Waals surface area contributed by atoms with Crippen molar-refractivity contribution in [3.63, 3.8) is 0 Å². The minimum atomic E-state index is -0.251. The van der Waals surface area contributed by atoms with Gasteiger partial charge in [-0.15, -0.1) is 0 Å². The summed E-state index contributed by atoms with van der Waals surface area (Å²) in [6.07, 6.45) is 1.75. The van der Waals surface area contributed by atoms with E-state index in [1.807, 2.05) is 44.2 Å². The fraction of sp³-hybridized carbons (Fsp3) is 0.304. The van der Waals surface area contributed by atoms with E-state index in [1.54, 1.807) is 12.1 Å². The van der Waals surface area contributed by atoms with Gasteiger partial charge in [0, 0.05) is 16.5 Å². The topological polar surface area (TPSA) is 46.6 Å². The van der Waals surface area contributed by atoms with E-state index in [2.05, 4.69) is 0 Å². The molecule has 2 aliphatic heterocycles. The fourth-order valence-corrected chi connectivity index (χ4v) is 4.72. The van der Waals surface area contributed by atoms with Crippen molar-refractivity contribution in [3.05, 3.63) is 69.1 Å². The summed E-state index contributed by atoms with van der Waals surface area (Å²) in [5.74, 6) is -0.496. The molecule has 2 heterocycles. The van der Waals surface area contributed by atoms with Crippen LogP contribution in [0.5, 0.6) is 0 Å². The fourth-order valence-electron chi connectivity index (χ4n) is 3.58. The summed E-state index contributed by atoms with van der Waals surface area (Å²) in [7, 11) is 0. The van der Waals surface area contributed by atoms with Gasteiger partial charge in [0.1, 0.15) is 0 Å². The number of amides is 2. The number of carbonyl (C=O) groups excluding carboxylic acids is 2. The van der Waals surface area contributed by atoms with E-state index in [1.165, 1.54) is 16.7 Å². The summed E-state index contributed by atoms with van der Waals surface area (Å²) >= 11 is 7.31. The molecule has 0 saturated carbocycles. The zero-order valence-corrected chi connectivity index (χ0v) is 18.0. The highest BCUT2D eigenvalue weighted by atomic mass is 35.5. The van der Waals surface area contributed by atoms with E-state index < -0.39 is 0 Å². The molecule has 29 heavy (non-hydrogen) atoms. The number of halogens is 1. The zero-order chi connectivity index (χ0) is 20.5. The largest absolute Gasteiger partial charge is 0.376 e. The SMILES string of the molecule is Cc1ccc(C2=C(Sc3ccc(Cl)cc3)C(=O)N(CC3CCCO3)C2=O)cc1C. The molecule has 2 amide bonds. The number of imide groups is 1. The summed E-state index contributed by atoms with van der Waals surface area (Å²) in [5.41, 5.74) is 3.48. The third-order valence-electron chi connectivity index (χ3n) is 5.36. The Morgan fingerprint density at radius 3 is 2.48 bits per heavy atom. The second kappa shape index (κ2) is 8.34. The van der Waals surface area contributed by atoms with Gasteiger partial charge in [0.05, 0.1) is 23.1 Å². The Labute approximate surface area is 179 Å². The van der Waals surface area contributed by atoms with E-state index in [0.29, 0.717) is 28.7 Å². The van der Waals surface area contributed by atoms with Gasteiger partial charge in [-0.3, -0.25) is 14.5 Å². The molecule has 1 saturated heterocycles. The molecule has 2 aromatic carbocycles. The van der Waals surface area contributed by atoms with E-state index in [9.17, 15) is 9.59 Å². The number of thioether (sulfide) groups is 1. The minimum Gasteiger partial charge on any atom is -0.376 e. The van der Waals surface area contributed by atoms with Crippen molar-refractivity contribution in [2.24, 2.45) is 0 Å². The molecule has 2 aliphatic rings. The molecule has 0 aliphatic carbocycles. The van der Waals surface area contributed by atoms with Gasteiger partial charge in [0.2, 0.25) is 0 Å². The molecular formula is C23H22ClNO3S. The second-order valence-electron chi connectivity index (χ2n) is 7.42. The highest BCUT2D eigenvalue weighted by molar-refractivity contribution is 8.04. The lowest BCUT2D eigenvalue weighted by atomic mass is 10.0. The number of hydrogen-bond donors (Lipinski definition) is 0. The average molecular weight is 428 g/mol. The van der Waals surface area contributed by atoms with Crippen LogP contribution < -0.4 is 0 Å². The monoisotopic (exact) mass is 427 g/mol. The minimum absolute atomic E-state index is 0.0798. The van der Waals surface area contributed by atoms with E-state index in [-0.39, 0.29) is 17.9 Å². The first-order valence-electron chi connectivity index (χ1n) is 9.67. The first kappa shape index (κ1) is 20.2. The normalized spacial score (nSPS) is 19.6. The number of benzene rings is 2. The maximum absolute atomic E-state index is 13.3. The van der Waals surface area contributed by atoms with Crippen LogP contribution in [0.3, 0.4) is 0 Å². The molecule has 0 aromatic heterocycles. The number of nitrogens with zero attached hydrogens (tertiary/aromatic N) is 1. The molecule has 0 bridgehead atoms. The van der Waals surface area contributed by atoms with Crippen LogP contribution in [0.25, 0.3) is 5.57 Å². The summed E-state index contributed by atoms with van der Waals surface area (Å²) in [4.78, 5) is 29.2. The van der Waals surface area contributed by atoms with Crippen molar-refractivity contribution in [1.82, 2.24) is 4.90 Å². The quantitative estimate of drug-likeness (QED) is 0.629. The summed E-state index contributed by atoms with van der Waals surface area (Å²) in [6, 6.07) is 13.2. The molecule has 6 heteroatoms. The maximum Gasteiger partial charge on any atom is 0.268 e. The Hall–Kier alpha value is -2.08. The maximum atomic E-state index is 13.3. The first-order valence-corrected chi connectivity index (χ1v) is 10.9. The molecule has 0 radical (unpaired) electrons. The molecule has 150 valence electrons. The Kier molecular flexibility index (Phi) is 5.81. The van der Waals surface area contributed by atoms with Gasteiger partial charge in [-0.2, -0.15) is 0 Å². The average Bonchev–Trinajstić information content (AvgIpc) is 3.29. The molecule has 4 nitrogen and oxygen atoms in total. The number of aryl methyl sites for hydroxylation is 2. The predicted molar refractivity (Wildman–Crippen MR) is 116 cm³/mol. The zero-order valence-electron chi connectivity index (χ0n) is 16.4. The van der Waals surface area contributed by atoms with Crippen LogP contribution in [0.4, 0.5) is 0 Å². The molecule has 4 rings (SSSR count). The molecule has 1 atom stereocenters.